The van der Waals surface area contributed by atoms with Gasteiger partial charge in [-0.25, -0.2) is 4.79 Å². The maximum Gasteiger partial charge on any atom is 0.361 e. The summed E-state index contributed by atoms with van der Waals surface area (Å²) >= 11 is 0. The fraction of sp³-hybridized carbons (Fsp3) is 0.662. The molecule has 0 aliphatic heterocycles. The summed E-state index contributed by atoms with van der Waals surface area (Å²) in [6, 6.07) is 0. The van der Waals surface area contributed by atoms with Gasteiger partial charge in [0.25, 0.3) is 6.29 Å². The maximum absolute atomic E-state index is 12.9. The Balaban J connectivity index is 4.19. The number of ether oxygens (including phenoxy) is 4. The number of quaternary nitrogens is 1. The Morgan fingerprint density at radius 1 is 0.361 bits per heavy atom. The van der Waals surface area contributed by atoms with E-state index in [1.807, 2.05) is 21.1 Å². The quantitative estimate of drug-likeness (QED) is 0.0211. The van der Waals surface area contributed by atoms with Crippen LogP contribution < -0.4 is 0 Å². The molecule has 2 atom stereocenters. The number of esters is 2. The average Bonchev–Trinajstić information content (AvgIpc) is 3.46. The molecule has 0 amide bonds. The summed E-state index contributed by atoms with van der Waals surface area (Å²) in [5.74, 6) is -2.02. The second-order valence-corrected chi connectivity index (χ2v) is 23.0. The molecular weight excluding hydrogens is 1030 g/mol. The van der Waals surface area contributed by atoms with E-state index in [1.54, 1.807) is 0 Å². The minimum Gasteiger partial charge on any atom is -0.477 e. The second-order valence-electron chi connectivity index (χ2n) is 23.0. The molecule has 0 aromatic rings. The number of nitrogens with zero attached hydrogens (tertiary/aromatic N) is 1. The van der Waals surface area contributed by atoms with E-state index in [0.717, 1.165) is 116 Å². The third-order valence-corrected chi connectivity index (χ3v) is 13.9. The highest BCUT2D eigenvalue weighted by Gasteiger charge is 2.25. The molecule has 83 heavy (non-hydrogen) atoms. The van der Waals surface area contributed by atoms with Crippen LogP contribution in [0.4, 0.5) is 0 Å². The maximum atomic E-state index is 12.9. The first kappa shape index (κ1) is 78.4. The molecule has 0 aliphatic carbocycles. The summed E-state index contributed by atoms with van der Waals surface area (Å²) in [4.78, 5) is 37.6. The van der Waals surface area contributed by atoms with Crippen LogP contribution in [0.25, 0.3) is 0 Å². The van der Waals surface area contributed by atoms with Crippen LogP contribution in [-0.2, 0) is 33.3 Å². The number of carboxylic acid groups (broad SMARTS) is 1. The molecule has 472 valence electrons. The molecule has 0 aromatic heterocycles. The van der Waals surface area contributed by atoms with E-state index < -0.39 is 24.3 Å². The topological polar surface area (TPSA) is 108 Å². The lowest BCUT2D eigenvalue weighted by molar-refractivity contribution is -0.870. The number of hydrogen-bond acceptors (Lipinski definition) is 7. The molecule has 0 spiro atoms. The zero-order valence-electron chi connectivity index (χ0n) is 53.8. The van der Waals surface area contributed by atoms with Crippen LogP contribution in [0.2, 0.25) is 0 Å². The predicted molar refractivity (Wildman–Crippen MR) is 354 cm³/mol. The van der Waals surface area contributed by atoms with Crippen LogP contribution in [-0.4, -0.2) is 87.4 Å². The van der Waals surface area contributed by atoms with Crippen molar-refractivity contribution in [2.24, 2.45) is 0 Å². The summed E-state index contributed by atoms with van der Waals surface area (Å²) in [6.07, 6.45) is 88.3. The fourth-order valence-electron chi connectivity index (χ4n) is 8.87. The van der Waals surface area contributed by atoms with Crippen LogP contribution in [0.15, 0.2) is 134 Å². The molecule has 0 fully saturated rings. The first-order valence-corrected chi connectivity index (χ1v) is 33.3. The van der Waals surface area contributed by atoms with E-state index in [9.17, 15) is 19.5 Å². The lowest BCUT2D eigenvalue weighted by Crippen LogP contribution is -2.40. The van der Waals surface area contributed by atoms with Gasteiger partial charge in [0.15, 0.2) is 6.10 Å². The van der Waals surface area contributed by atoms with Gasteiger partial charge in [-0.1, -0.05) is 270 Å². The number of rotatable bonds is 60. The van der Waals surface area contributed by atoms with Gasteiger partial charge in [0, 0.05) is 12.8 Å². The monoisotopic (exact) mass is 1150 g/mol. The highest BCUT2D eigenvalue weighted by atomic mass is 16.7. The van der Waals surface area contributed by atoms with Crippen LogP contribution in [0.5, 0.6) is 0 Å². The van der Waals surface area contributed by atoms with Crippen molar-refractivity contribution in [1.82, 2.24) is 0 Å². The van der Waals surface area contributed by atoms with Gasteiger partial charge in [-0.2, -0.15) is 0 Å². The molecule has 0 radical (unpaired) electrons. The minimum absolute atomic E-state index is 0.181. The molecule has 9 nitrogen and oxygen atoms in total. The van der Waals surface area contributed by atoms with Gasteiger partial charge in [-0.05, 0) is 109 Å². The van der Waals surface area contributed by atoms with Crippen molar-refractivity contribution in [2.45, 2.75) is 270 Å². The van der Waals surface area contributed by atoms with Crippen LogP contribution >= 0.6 is 0 Å². The van der Waals surface area contributed by atoms with Gasteiger partial charge in [-0.15, -0.1) is 0 Å². The van der Waals surface area contributed by atoms with Crippen molar-refractivity contribution in [3.8, 4) is 0 Å². The molecule has 0 saturated heterocycles. The lowest BCUT2D eigenvalue weighted by Gasteiger charge is -2.25. The number of likely N-dealkylation sites (N-methyl/N-ethyl adjacent to an activating group) is 1. The number of allylic oxidation sites excluding steroid dienone is 22. The standard InChI is InChI=1S/C74H123NO8/c1-6-8-10-12-14-16-18-20-22-24-26-28-30-32-33-34-35-36-37-38-39-41-43-45-47-49-51-53-55-57-59-61-63-65-72(77)83-70(69-82-74(73(78)79)80-67-66-75(3,4)5)68-81-71(76)64-62-60-58-56-54-52-50-48-46-44-42-40-31-29-27-25-23-21-19-17-15-13-11-9-7-2/h8-11,14-17,20-23,26-29,32-33,35-36,38-39,70,74H,6-7,12-13,18-19,24-25,30-31,34,37,40-69H2,1-5H3/p+1/b10-8-,11-9-,16-14-,17-15-,22-20-,23-21-,28-26-,29-27-,33-32-,36-35-,39-38-. The Bertz CT molecular complexity index is 1820. The largest absolute Gasteiger partial charge is 0.477 e. The number of carboxylic acids is 1. The van der Waals surface area contributed by atoms with Gasteiger partial charge < -0.3 is 28.5 Å². The van der Waals surface area contributed by atoms with Crippen molar-refractivity contribution >= 4 is 17.9 Å². The fourth-order valence-corrected chi connectivity index (χ4v) is 8.87. The third-order valence-electron chi connectivity index (χ3n) is 13.9. The predicted octanol–water partition coefficient (Wildman–Crippen LogP) is 20.6. The molecule has 9 heteroatoms. The molecule has 1 N–H and O–H groups in total. The number of unbranched alkanes of at least 4 members (excludes halogenated alkanes) is 23. The van der Waals surface area contributed by atoms with Gasteiger partial charge >= 0.3 is 17.9 Å². The Morgan fingerprint density at radius 3 is 0.964 bits per heavy atom. The zero-order valence-corrected chi connectivity index (χ0v) is 53.8. The molecule has 0 aromatic carbocycles. The molecule has 2 unspecified atom stereocenters. The van der Waals surface area contributed by atoms with Crippen LogP contribution in [0.1, 0.15) is 258 Å². The van der Waals surface area contributed by atoms with Crippen molar-refractivity contribution in [2.75, 3.05) is 47.5 Å². The smallest absolute Gasteiger partial charge is 0.361 e. The van der Waals surface area contributed by atoms with Crippen LogP contribution in [0, 0.1) is 0 Å². The molecular formula is C74H124NO8+. The summed E-state index contributed by atoms with van der Waals surface area (Å²) in [7, 11) is 5.97. The number of aliphatic carboxylic acids is 1. The van der Waals surface area contributed by atoms with Crippen LogP contribution in [0.3, 0.4) is 0 Å². The Hall–Kier alpha value is -4.57. The summed E-state index contributed by atoms with van der Waals surface area (Å²) in [5.41, 5.74) is 0. The molecule has 0 heterocycles. The Morgan fingerprint density at radius 2 is 0.651 bits per heavy atom. The van der Waals surface area contributed by atoms with Crippen molar-refractivity contribution in [3.63, 3.8) is 0 Å². The lowest BCUT2D eigenvalue weighted by atomic mass is 10.0. The van der Waals surface area contributed by atoms with E-state index in [4.69, 9.17) is 18.9 Å². The average molecular weight is 1160 g/mol. The van der Waals surface area contributed by atoms with Gasteiger partial charge in [0.05, 0.1) is 34.4 Å². The summed E-state index contributed by atoms with van der Waals surface area (Å²) < 4.78 is 23.0. The number of carbonyl (C=O) groups excluding carboxylic acids is 2. The Kier molecular flexibility index (Phi) is 60.0. The number of carbonyl (C=O) groups is 3. The van der Waals surface area contributed by atoms with E-state index in [2.05, 4.69) is 148 Å². The summed E-state index contributed by atoms with van der Waals surface area (Å²) in [5, 5.41) is 9.74. The SMILES string of the molecule is CC/C=C\C/C=C\C/C=C\C/C=C\C/C=C\C/C=C\C/C=C\CCCCCCCCCCCCCC(=O)OC(COC(=O)CCCCCCCCCCCCCC/C=C\C/C=C\C/C=C\C/C=C\CC)COC(OCC[N+](C)(C)C)C(=O)O. The molecule has 0 bridgehead atoms. The van der Waals surface area contributed by atoms with E-state index in [1.165, 1.54) is 109 Å². The van der Waals surface area contributed by atoms with E-state index in [-0.39, 0.29) is 32.2 Å². The summed E-state index contributed by atoms with van der Waals surface area (Å²) in [6.45, 7) is 4.65. The number of hydrogen-bond donors (Lipinski definition) is 1. The van der Waals surface area contributed by atoms with Crippen molar-refractivity contribution < 1.29 is 42.9 Å². The molecule has 0 aliphatic rings. The van der Waals surface area contributed by atoms with Crippen molar-refractivity contribution in [1.29, 1.82) is 0 Å². The Labute approximate surface area is 509 Å². The first-order valence-electron chi connectivity index (χ1n) is 33.3. The van der Waals surface area contributed by atoms with Gasteiger partial charge in [0.1, 0.15) is 13.2 Å². The third kappa shape index (κ3) is 64.8. The van der Waals surface area contributed by atoms with Gasteiger partial charge in [-0.3, -0.25) is 9.59 Å². The van der Waals surface area contributed by atoms with Crippen molar-refractivity contribution in [3.05, 3.63) is 134 Å². The van der Waals surface area contributed by atoms with E-state index >= 15 is 0 Å². The first-order chi connectivity index (χ1) is 40.6. The molecule has 0 saturated carbocycles. The zero-order chi connectivity index (χ0) is 60.5. The second kappa shape index (κ2) is 63.5. The van der Waals surface area contributed by atoms with E-state index in [0.29, 0.717) is 23.9 Å². The van der Waals surface area contributed by atoms with Gasteiger partial charge in [0.2, 0.25) is 0 Å². The highest BCUT2D eigenvalue weighted by molar-refractivity contribution is 5.71. The normalized spacial score (nSPS) is 13.6. The minimum atomic E-state index is -1.52. The molecule has 0 rings (SSSR count). The highest BCUT2D eigenvalue weighted by Crippen LogP contribution is 2.16.